The number of methoxy groups -OCH3 is 2. The molecular formula is C44H53NO6S2. The zero-order valence-electron chi connectivity index (χ0n) is 31.7. The number of amides is 1. The van der Waals surface area contributed by atoms with E-state index in [0.717, 1.165) is 53.0 Å². The monoisotopic (exact) mass is 755 g/mol. The van der Waals surface area contributed by atoms with E-state index in [9.17, 15) is 19.8 Å². The number of allylic oxidation sites excluding steroid dienone is 4. The minimum atomic E-state index is -1.14. The van der Waals surface area contributed by atoms with Crippen LogP contribution < -0.4 is 9.47 Å². The molecule has 0 saturated heterocycles. The maximum atomic E-state index is 14.8. The fraction of sp³-hybridized carbons (Fsp3) is 0.545. The largest absolute Gasteiger partial charge is 0.493 e. The number of carbonyl (C=O) groups is 2. The standard InChI is InChI=1S/C44H53NO6S2/c1-28-8-11-35(53-28)39(48)32-26-42-19-20-44(32)36(40(42,2)16-12-30(46)25-42)13-17-41(3)37(44)14-18-43(41,49)27-45(21-15-31-7-6-22-52-31)38(47)24-29-9-10-33(50-4)34(23-29)51-5/h6-11,19-20,22-23,26,30,36-37,46,49H,12-18,21,24-25,27H2,1-5H3/t30?,36-,37-,40-,41+,42+,43-,44-/m1/s1. The number of ketones is 1. The van der Waals surface area contributed by atoms with E-state index in [0.29, 0.717) is 37.3 Å². The van der Waals surface area contributed by atoms with E-state index in [4.69, 9.17) is 9.47 Å². The lowest BCUT2D eigenvalue weighted by atomic mass is 9.32. The lowest BCUT2D eigenvalue weighted by Crippen LogP contribution is -2.67. The molecule has 1 aromatic carbocycles. The first-order chi connectivity index (χ1) is 25.3. The smallest absolute Gasteiger partial charge is 0.227 e. The number of hydrogen-bond acceptors (Lipinski definition) is 8. The van der Waals surface area contributed by atoms with Crippen molar-refractivity contribution in [3.63, 3.8) is 0 Å². The number of aryl methyl sites for hydroxylation is 1. The van der Waals surface area contributed by atoms with Gasteiger partial charge in [0.05, 0.1) is 37.2 Å². The molecule has 7 nitrogen and oxygen atoms in total. The van der Waals surface area contributed by atoms with E-state index in [2.05, 4.69) is 43.5 Å². The number of fused-ring (bicyclic) bond motifs is 1. The van der Waals surface area contributed by atoms with Crippen molar-refractivity contribution in [3.05, 3.63) is 91.8 Å². The highest BCUT2D eigenvalue weighted by atomic mass is 32.1. The Morgan fingerprint density at radius 3 is 2.42 bits per heavy atom. The van der Waals surface area contributed by atoms with Gasteiger partial charge in [-0.05, 0) is 117 Å². The summed E-state index contributed by atoms with van der Waals surface area (Å²) in [5, 5.41) is 26.2. The van der Waals surface area contributed by atoms with Gasteiger partial charge in [-0.15, -0.1) is 22.7 Å². The molecule has 2 heterocycles. The highest BCUT2D eigenvalue weighted by molar-refractivity contribution is 7.14. The second-order valence-corrected chi connectivity index (χ2v) is 19.4. The maximum absolute atomic E-state index is 14.8. The Labute approximate surface area is 321 Å². The van der Waals surface area contributed by atoms with Crippen LogP contribution in [0.4, 0.5) is 0 Å². The minimum absolute atomic E-state index is 0.0216. The van der Waals surface area contributed by atoms with Gasteiger partial charge in [0.15, 0.2) is 17.3 Å². The summed E-state index contributed by atoms with van der Waals surface area (Å²) in [4.78, 5) is 34.1. The van der Waals surface area contributed by atoms with Gasteiger partial charge in [-0.3, -0.25) is 9.59 Å². The molecule has 6 aliphatic rings. The zero-order chi connectivity index (χ0) is 37.4. The van der Waals surface area contributed by atoms with E-state index >= 15 is 0 Å². The number of aliphatic hydroxyl groups excluding tert-OH is 1. The Bertz CT molecular complexity index is 1970. The van der Waals surface area contributed by atoms with Crippen LogP contribution in [0.25, 0.3) is 0 Å². The Morgan fingerprint density at radius 1 is 0.943 bits per heavy atom. The SMILES string of the molecule is COc1ccc(CC(=O)N(CCc2cccs2)C[C@]2(O)CC[C@H]3[C@]45C=C[C@@]6(C=C4C(=O)c4ccc(C)s4)CC(O)CC[C@]6(C)[C@H]5CC[C@@]32C)cc1OC. The molecule has 9 heteroatoms. The summed E-state index contributed by atoms with van der Waals surface area (Å²) in [7, 11) is 3.20. The van der Waals surface area contributed by atoms with Gasteiger partial charge in [-0.25, -0.2) is 0 Å². The molecule has 8 atom stereocenters. The topological polar surface area (TPSA) is 96.3 Å². The van der Waals surface area contributed by atoms with Crippen LogP contribution in [0.1, 0.15) is 83.8 Å². The number of aliphatic hydroxyl groups is 2. The van der Waals surface area contributed by atoms with E-state index in [1.54, 1.807) is 36.9 Å². The van der Waals surface area contributed by atoms with Gasteiger partial charge in [0.25, 0.3) is 0 Å². The summed E-state index contributed by atoms with van der Waals surface area (Å²) < 4.78 is 11.0. The highest BCUT2D eigenvalue weighted by Crippen LogP contribution is 2.78. The van der Waals surface area contributed by atoms with Gasteiger partial charge in [0.1, 0.15) is 0 Å². The number of carbonyl (C=O) groups excluding carboxylic acids is 2. The first kappa shape index (κ1) is 36.7. The third-order valence-corrected chi connectivity index (χ3v) is 16.7. The maximum Gasteiger partial charge on any atom is 0.227 e. The number of Topliss-reactive ketones (excluding diaryl/α,β-unsaturated/α-hetero) is 1. The second-order valence-electron chi connectivity index (χ2n) is 17.1. The van der Waals surface area contributed by atoms with E-state index in [1.807, 2.05) is 48.2 Å². The van der Waals surface area contributed by atoms with Gasteiger partial charge in [0, 0.05) is 44.7 Å². The van der Waals surface area contributed by atoms with Crippen molar-refractivity contribution in [1.82, 2.24) is 4.90 Å². The third-order valence-electron chi connectivity index (χ3n) is 14.7. The fourth-order valence-electron chi connectivity index (χ4n) is 11.9. The van der Waals surface area contributed by atoms with Crippen molar-refractivity contribution >= 4 is 34.4 Å². The molecule has 0 radical (unpaired) electrons. The molecule has 1 amide bonds. The van der Waals surface area contributed by atoms with Crippen LogP contribution in [0.15, 0.2) is 71.6 Å². The average molecular weight is 756 g/mol. The molecule has 9 rings (SSSR count). The lowest BCUT2D eigenvalue weighted by molar-refractivity contribution is -0.178. The Kier molecular flexibility index (Phi) is 9.15. The number of thiophene rings is 2. The van der Waals surface area contributed by atoms with Crippen molar-refractivity contribution in [2.24, 2.45) is 33.5 Å². The number of benzene rings is 1. The van der Waals surface area contributed by atoms with Gasteiger partial charge in [0.2, 0.25) is 5.91 Å². The van der Waals surface area contributed by atoms with Crippen molar-refractivity contribution in [2.75, 3.05) is 27.3 Å². The summed E-state index contributed by atoms with van der Waals surface area (Å²) in [5.41, 5.74) is -0.972. The molecule has 3 saturated carbocycles. The molecule has 53 heavy (non-hydrogen) atoms. The Morgan fingerprint density at radius 2 is 1.70 bits per heavy atom. The van der Waals surface area contributed by atoms with Crippen molar-refractivity contribution in [3.8, 4) is 11.5 Å². The summed E-state index contributed by atoms with van der Waals surface area (Å²) in [6.45, 7) is 7.46. The number of ether oxygens (including phenoxy) is 2. The molecule has 282 valence electrons. The summed E-state index contributed by atoms with van der Waals surface area (Å²) >= 11 is 3.24. The van der Waals surface area contributed by atoms with Crippen LogP contribution in [-0.4, -0.2) is 65.8 Å². The Balaban J connectivity index is 1.15. The van der Waals surface area contributed by atoms with Gasteiger partial charge in [-0.1, -0.05) is 44.2 Å². The quantitative estimate of drug-likeness (QED) is 0.151. The molecule has 2 bridgehead atoms. The van der Waals surface area contributed by atoms with Crippen LogP contribution >= 0.6 is 22.7 Å². The fourth-order valence-corrected chi connectivity index (χ4v) is 13.4. The number of rotatable bonds is 11. The predicted octanol–water partition coefficient (Wildman–Crippen LogP) is 8.22. The molecule has 0 aliphatic heterocycles. The number of hydrogen-bond donors (Lipinski definition) is 2. The zero-order valence-corrected chi connectivity index (χ0v) is 33.3. The van der Waals surface area contributed by atoms with Crippen molar-refractivity contribution in [2.45, 2.75) is 90.3 Å². The van der Waals surface area contributed by atoms with Gasteiger partial charge < -0.3 is 24.6 Å². The van der Waals surface area contributed by atoms with E-state index < -0.39 is 22.5 Å². The first-order valence-electron chi connectivity index (χ1n) is 19.3. The van der Waals surface area contributed by atoms with E-state index in [1.165, 1.54) is 4.88 Å². The minimum Gasteiger partial charge on any atom is -0.493 e. The van der Waals surface area contributed by atoms with Crippen molar-refractivity contribution < 1.29 is 29.3 Å². The van der Waals surface area contributed by atoms with Gasteiger partial charge in [-0.2, -0.15) is 0 Å². The summed E-state index contributed by atoms with van der Waals surface area (Å²) in [6, 6.07) is 13.7. The molecule has 3 fully saturated rings. The first-order valence-corrected chi connectivity index (χ1v) is 21.0. The van der Waals surface area contributed by atoms with Gasteiger partial charge >= 0.3 is 0 Å². The molecule has 3 aromatic rings. The Hall–Kier alpha value is -3.24. The van der Waals surface area contributed by atoms with Crippen LogP contribution in [0.2, 0.25) is 0 Å². The van der Waals surface area contributed by atoms with Crippen LogP contribution in [0.3, 0.4) is 0 Å². The normalized spacial score (nSPS) is 35.2. The molecule has 2 spiro atoms. The summed E-state index contributed by atoms with van der Waals surface area (Å²) in [5.74, 6) is 1.51. The predicted molar refractivity (Wildman–Crippen MR) is 210 cm³/mol. The number of nitrogens with zero attached hydrogens (tertiary/aromatic N) is 1. The molecule has 2 N–H and O–H groups in total. The highest BCUT2D eigenvalue weighted by Gasteiger charge is 2.74. The molecule has 2 aromatic heterocycles. The molecular weight excluding hydrogens is 703 g/mol. The van der Waals surface area contributed by atoms with Crippen LogP contribution in [0.5, 0.6) is 11.5 Å². The lowest BCUT2D eigenvalue weighted by Gasteiger charge is -2.71. The van der Waals surface area contributed by atoms with Crippen LogP contribution in [-0.2, 0) is 17.6 Å². The second kappa shape index (κ2) is 13.2. The summed E-state index contributed by atoms with van der Waals surface area (Å²) in [6.07, 6.45) is 12.9. The average Bonchev–Trinajstić information content (AvgIpc) is 3.89. The van der Waals surface area contributed by atoms with E-state index in [-0.39, 0.29) is 47.3 Å². The van der Waals surface area contributed by atoms with Crippen molar-refractivity contribution in [1.29, 1.82) is 0 Å². The molecule has 6 aliphatic carbocycles. The van der Waals surface area contributed by atoms with Crippen LogP contribution in [0, 0.1) is 40.4 Å². The molecule has 1 unspecified atom stereocenters. The third kappa shape index (κ3) is 5.54.